The van der Waals surface area contributed by atoms with Crippen LogP contribution in [0.3, 0.4) is 0 Å². The van der Waals surface area contributed by atoms with E-state index in [0.717, 1.165) is 12.5 Å². The van der Waals surface area contributed by atoms with Gasteiger partial charge in [0.1, 0.15) is 0 Å². The third-order valence-corrected chi connectivity index (χ3v) is 4.50. The minimum absolute atomic E-state index is 0.516. The number of hydrogen-bond acceptors (Lipinski definition) is 1. The van der Waals surface area contributed by atoms with Gasteiger partial charge in [-0.15, -0.1) is 0 Å². The van der Waals surface area contributed by atoms with Gasteiger partial charge >= 0.3 is 0 Å². The molecule has 0 amide bonds. The van der Waals surface area contributed by atoms with Gasteiger partial charge in [0.2, 0.25) is 0 Å². The number of hydrogen-bond donors (Lipinski definition) is 1. The summed E-state index contributed by atoms with van der Waals surface area (Å²) >= 11 is 0. The highest BCUT2D eigenvalue weighted by molar-refractivity contribution is 5.27. The van der Waals surface area contributed by atoms with Gasteiger partial charge in [-0.25, -0.2) is 0 Å². The van der Waals surface area contributed by atoms with Crippen molar-refractivity contribution in [1.82, 2.24) is 5.32 Å². The van der Waals surface area contributed by atoms with E-state index < -0.39 is 0 Å². The standard InChI is InChI=1S/C20H35N/c1-6-9-10-17(8-3)20(21-15-7-2)19-13-11-18(12-14-19)16(4)5/h11-14,16-17,20-21H,6-10,15H2,1-5H3. The van der Waals surface area contributed by atoms with Crippen molar-refractivity contribution < 1.29 is 0 Å². The largest absolute Gasteiger partial charge is 0.310 e. The lowest BCUT2D eigenvalue weighted by Crippen LogP contribution is -2.29. The zero-order chi connectivity index (χ0) is 15.7. The molecule has 1 nitrogen and oxygen atoms in total. The first-order chi connectivity index (χ1) is 10.1. The molecule has 1 N–H and O–H groups in total. The lowest BCUT2D eigenvalue weighted by atomic mass is 9.86. The maximum absolute atomic E-state index is 3.79. The summed E-state index contributed by atoms with van der Waals surface area (Å²) in [5.41, 5.74) is 2.91. The van der Waals surface area contributed by atoms with Gasteiger partial charge in [0.25, 0.3) is 0 Å². The van der Waals surface area contributed by atoms with Crippen LogP contribution in [0.5, 0.6) is 0 Å². The fraction of sp³-hybridized carbons (Fsp3) is 0.700. The van der Waals surface area contributed by atoms with Crippen molar-refractivity contribution in [3.63, 3.8) is 0 Å². The molecule has 0 radical (unpaired) electrons. The molecule has 2 unspecified atom stereocenters. The maximum atomic E-state index is 3.79. The van der Waals surface area contributed by atoms with Gasteiger partial charge in [0, 0.05) is 6.04 Å². The number of rotatable bonds is 10. The van der Waals surface area contributed by atoms with E-state index in [4.69, 9.17) is 0 Å². The lowest BCUT2D eigenvalue weighted by molar-refractivity contribution is 0.323. The van der Waals surface area contributed by atoms with Gasteiger partial charge in [-0.2, -0.15) is 0 Å². The van der Waals surface area contributed by atoms with Crippen molar-refractivity contribution >= 4 is 0 Å². The second-order valence-corrected chi connectivity index (χ2v) is 6.56. The van der Waals surface area contributed by atoms with Crippen molar-refractivity contribution in [1.29, 1.82) is 0 Å². The molecule has 1 rings (SSSR count). The highest BCUT2D eigenvalue weighted by atomic mass is 14.9. The van der Waals surface area contributed by atoms with E-state index in [0.29, 0.717) is 12.0 Å². The first kappa shape index (κ1) is 18.2. The minimum Gasteiger partial charge on any atom is -0.310 e. The molecular weight excluding hydrogens is 254 g/mol. The van der Waals surface area contributed by atoms with E-state index in [1.165, 1.54) is 43.2 Å². The highest BCUT2D eigenvalue weighted by Crippen LogP contribution is 2.30. The molecule has 0 heterocycles. The molecule has 0 fully saturated rings. The molecule has 0 aliphatic rings. The molecule has 120 valence electrons. The molecule has 0 spiro atoms. The Balaban J connectivity index is 2.88. The third-order valence-electron chi connectivity index (χ3n) is 4.50. The van der Waals surface area contributed by atoms with Crippen molar-refractivity contribution in [2.45, 2.75) is 78.7 Å². The first-order valence-corrected chi connectivity index (χ1v) is 8.97. The number of nitrogens with one attached hydrogen (secondary N) is 1. The Morgan fingerprint density at radius 3 is 2.00 bits per heavy atom. The summed E-state index contributed by atoms with van der Waals surface area (Å²) in [6, 6.07) is 9.83. The van der Waals surface area contributed by atoms with E-state index in [1.807, 2.05) is 0 Å². The van der Waals surface area contributed by atoms with Gasteiger partial charge in [-0.05, 0) is 42.3 Å². The monoisotopic (exact) mass is 289 g/mol. The smallest absolute Gasteiger partial charge is 0.0348 e. The van der Waals surface area contributed by atoms with Crippen LogP contribution in [0.2, 0.25) is 0 Å². The molecule has 0 aromatic heterocycles. The van der Waals surface area contributed by atoms with Gasteiger partial charge in [-0.3, -0.25) is 0 Å². The fourth-order valence-corrected chi connectivity index (χ4v) is 3.02. The lowest BCUT2D eigenvalue weighted by Gasteiger charge is -2.28. The Bertz CT molecular complexity index is 366. The maximum Gasteiger partial charge on any atom is 0.0348 e. The summed E-state index contributed by atoms with van der Waals surface area (Å²) in [6.45, 7) is 12.5. The van der Waals surface area contributed by atoms with Crippen LogP contribution in [0.1, 0.15) is 89.8 Å². The summed E-state index contributed by atoms with van der Waals surface area (Å²) in [6.07, 6.45) is 6.43. The van der Waals surface area contributed by atoms with Gasteiger partial charge in [-0.1, -0.05) is 78.1 Å². The van der Waals surface area contributed by atoms with Crippen LogP contribution < -0.4 is 5.32 Å². The van der Waals surface area contributed by atoms with Crippen LogP contribution in [0, 0.1) is 5.92 Å². The average molecular weight is 290 g/mol. The Labute approximate surface area is 132 Å². The van der Waals surface area contributed by atoms with Crippen LogP contribution in [0.4, 0.5) is 0 Å². The van der Waals surface area contributed by atoms with Gasteiger partial charge in [0.15, 0.2) is 0 Å². The second-order valence-electron chi connectivity index (χ2n) is 6.56. The van der Waals surface area contributed by atoms with E-state index in [9.17, 15) is 0 Å². The van der Waals surface area contributed by atoms with E-state index in [1.54, 1.807) is 0 Å². The molecule has 1 heteroatoms. The molecule has 1 aromatic carbocycles. The van der Waals surface area contributed by atoms with Crippen LogP contribution >= 0.6 is 0 Å². The Morgan fingerprint density at radius 2 is 1.52 bits per heavy atom. The quantitative estimate of drug-likeness (QED) is 0.551. The fourth-order valence-electron chi connectivity index (χ4n) is 3.02. The first-order valence-electron chi connectivity index (χ1n) is 8.97. The van der Waals surface area contributed by atoms with Gasteiger partial charge in [0.05, 0.1) is 0 Å². The van der Waals surface area contributed by atoms with Crippen LogP contribution in [-0.2, 0) is 0 Å². The SMILES string of the molecule is CCCCC(CC)C(NCCC)c1ccc(C(C)C)cc1. The molecule has 2 atom stereocenters. The second kappa shape index (κ2) is 10.00. The highest BCUT2D eigenvalue weighted by Gasteiger charge is 2.20. The zero-order valence-corrected chi connectivity index (χ0v) is 14.8. The van der Waals surface area contributed by atoms with Crippen LogP contribution in [0.25, 0.3) is 0 Å². The third kappa shape index (κ3) is 5.82. The Kier molecular flexibility index (Phi) is 8.68. The van der Waals surface area contributed by atoms with Crippen molar-refractivity contribution in [2.75, 3.05) is 6.54 Å². The van der Waals surface area contributed by atoms with Crippen molar-refractivity contribution in [3.05, 3.63) is 35.4 Å². The summed E-state index contributed by atoms with van der Waals surface area (Å²) in [4.78, 5) is 0. The molecule has 0 saturated carbocycles. The predicted octanol–water partition coefficient (Wildman–Crippen LogP) is 6.07. The molecule has 0 bridgehead atoms. The summed E-state index contributed by atoms with van der Waals surface area (Å²) < 4.78 is 0. The van der Waals surface area contributed by atoms with Crippen LogP contribution in [-0.4, -0.2) is 6.54 Å². The van der Waals surface area contributed by atoms with Crippen LogP contribution in [0.15, 0.2) is 24.3 Å². The van der Waals surface area contributed by atoms with E-state index in [-0.39, 0.29) is 0 Å². The van der Waals surface area contributed by atoms with E-state index in [2.05, 4.69) is 64.2 Å². The molecule has 0 aliphatic heterocycles. The summed E-state index contributed by atoms with van der Waals surface area (Å²) in [7, 11) is 0. The molecule has 21 heavy (non-hydrogen) atoms. The minimum atomic E-state index is 0.516. The molecule has 0 saturated heterocycles. The molecule has 1 aromatic rings. The average Bonchev–Trinajstić information content (AvgIpc) is 2.50. The molecular formula is C20H35N. The number of unbranched alkanes of at least 4 members (excludes halogenated alkanes) is 1. The van der Waals surface area contributed by atoms with Crippen molar-refractivity contribution in [2.24, 2.45) is 5.92 Å². The Hall–Kier alpha value is -0.820. The zero-order valence-electron chi connectivity index (χ0n) is 14.8. The van der Waals surface area contributed by atoms with E-state index >= 15 is 0 Å². The predicted molar refractivity (Wildman–Crippen MR) is 94.9 cm³/mol. The summed E-state index contributed by atoms with van der Waals surface area (Å²) in [5, 5.41) is 3.79. The van der Waals surface area contributed by atoms with Crippen molar-refractivity contribution in [3.8, 4) is 0 Å². The summed E-state index contributed by atoms with van der Waals surface area (Å²) in [5.74, 6) is 1.37. The molecule has 0 aliphatic carbocycles. The normalized spacial score (nSPS) is 14.4. The Morgan fingerprint density at radius 1 is 0.905 bits per heavy atom. The van der Waals surface area contributed by atoms with Gasteiger partial charge < -0.3 is 5.32 Å². The topological polar surface area (TPSA) is 12.0 Å². The number of benzene rings is 1.